The van der Waals surface area contributed by atoms with Gasteiger partial charge in [0.15, 0.2) is 5.75 Å². The Morgan fingerprint density at radius 1 is 1.29 bits per heavy atom. The van der Waals surface area contributed by atoms with Crippen LogP contribution in [0.3, 0.4) is 0 Å². The molecule has 0 aliphatic carbocycles. The average Bonchev–Trinajstić information content (AvgIpc) is 2.46. The molecule has 0 radical (unpaired) electrons. The molecule has 0 amide bonds. The largest absolute Gasteiger partial charge is 0.486 e. The molecule has 0 aromatic heterocycles. The van der Waals surface area contributed by atoms with Crippen molar-refractivity contribution in [2.45, 2.75) is 6.61 Å². The summed E-state index contributed by atoms with van der Waals surface area (Å²) in [5, 5.41) is 0.536. The van der Waals surface area contributed by atoms with E-state index in [0.717, 1.165) is 5.56 Å². The number of hydrogen-bond donors (Lipinski definition) is 1. The van der Waals surface area contributed by atoms with E-state index in [-0.39, 0.29) is 5.97 Å². The molecule has 2 rings (SSSR count). The SMILES string of the molecule is COC(=O)c1ccc(COc2c(N)cc(Cl)cc2Br)cc1. The van der Waals surface area contributed by atoms with Crippen molar-refractivity contribution in [1.29, 1.82) is 0 Å². The Labute approximate surface area is 135 Å². The van der Waals surface area contributed by atoms with E-state index in [1.807, 2.05) is 0 Å². The lowest BCUT2D eigenvalue weighted by Crippen LogP contribution is -2.03. The number of halogens is 2. The molecule has 0 heterocycles. The van der Waals surface area contributed by atoms with Crippen LogP contribution in [0.25, 0.3) is 0 Å². The third-order valence-electron chi connectivity index (χ3n) is 2.80. The van der Waals surface area contributed by atoms with Gasteiger partial charge in [0.25, 0.3) is 0 Å². The second kappa shape index (κ2) is 6.83. The molecule has 2 aromatic carbocycles. The fraction of sp³-hybridized carbons (Fsp3) is 0.133. The van der Waals surface area contributed by atoms with Crippen LogP contribution in [0.2, 0.25) is 5.02 Å². The predicted octanol–water partition coefficient (Wildman–Crippen LogP) is 4.05. The second-order valence-corrected chi connectivity index (χ2v) is 5.57. The van der Waals surface area contributed by atoms with Gasteiger partial charge in [-0.05, 0) is 45.8 Å². The molecule has 0 saturated heterocycles. The fourth-order valence-corrected chi connectivity index (χ4v) is 2.69. The van der Waals surface area contributed by atoms with Crippen LogP contribution < -0.4 is 10.5 Å². The first-order chi connectivity index (χ1) is 10.0. The van der Waals surface area contributed by atoms with E-state index in [4.69, 9.17) is 22.1 Å². The summed E-state index contributed by atoms with van der Waals surface area (Å²) in [7, 11) is 1.35. The minimum atomic E-state index is -0.368. The van der Waals surface area contributed by atoms with Crippen LogP contribution in [0.1, 0.15) is 15.9 Å². The van der Waals surface area contributed by atoms with Crippen molar-refractivity contribution >= 4 is 39.2 Å². The molecule has 0 aliphatic heterocycles. The van der Waals surface area contributed by atoms with Gasteiger partial charge in [-0.1, -0.05) is 23.7 Å². The van der Waals surface area contributed by atoms with Gasteiger partial charge in [-0.25, -0.2) is 4.79 Å². The van der Waals surface area contributed by atoms with Crippen LogP contribution in [0.4, 0.5) is 5.69 Å². The Morgan fingerprint density at radius 3 is 2.52 bits per heavy atom. The average molecular weight is 371 g/mol. The van der Waals surface area contributed by atoms with Crippen molar-refractivity contribution in [1.82, 2.24) is 0 Å². The maximum absolute atomic E-state index is 11.3. The number of ether oxygens (including phenoxy) is 2. The second-order valence-electron chi connectivity index (χ2n) is 4.28. The highest BCUT2D eigenvalue weighted by molar-refractivity contribution is 9.10. The van der Waals surface area contributed by atoms with Gasteiger partial charge in [0.1, 0.15) is 6.61 Å². The first kappa shape index (κ1) is 15.7. The molecule has 110 valence electrons. The van der Waals surface area contributed by atoms with Crippen LogP contribution in [-0.4, -0.2) is 13.1 Å². The zero-order valence-electron chi connectivity index (χ0n) is 11.2. The molecule has 2 N–H and O–H groups in total. The fourth-order valence-electron chi connectivity index (χ4n) is 1.74. The molecule has 0 bridgehead atoms. The Hall–Kier alpha value is -1.72. The molecule has 0 saturated carbocycles. The number of carbonyl (C=O) groups is 1. The Kier molecular flexibility index (Phi) is 5.09. The normalized spacial score (nSPS) is 10.2. The molecule has 0 spiro atoms. The summed E-state index contributed by atoms with van der Waals surface area (Å²) in [5.74, 6) is 0.170. The van der Waals surface area contributed by atoms with Gasteiger partial charge in [-0.15, -0.1) is 0 Å². The Balaban J connectivity index is 2.08. The molecule has 21 heavy (non-hydrogen) atoms. The van der Waals surface area contributed by atoms with E-state index in [1.54, 1.807) is 36.4 Å². The predicted molar refractivity (Wildman–Crippen MR) is 85.7 cm³/mol. The smallest absolute Gasteiger partial charge is 0.337 e. The van der Waals surface area contributed by atoms with E-state index in [0.29, 0.717) is 33.1 Å². The number of carbonyl (C=O) groups excluding carboxylic acids is 1. The topological polar surface area (TPSA) is 61.5 Å². The zero-order chi connectivity index (χ0) is 15.4. The van der Waals surface area contributed by atoms with Crippen molar-refractivity contribution in [3.05, 3.63) is 57.0 Å². The highest BCUT2D eigenvalue weighted by Crippen LogP contribution is 2.35. The highest BCUT2D eigenvalue weighted by atomic mass is 79.9. The van der Waals surface area contributed by atoms with Crippen molar-refractivity contribution < 1.29 is 14.3 Å². The van der Waals surface area contributed by atoms with Gasteiger partial charge in [0.05, 0.1) is 22.8 Å². The Bertz CT molecular complexity index is 635. The number of hydrogen-bond acceptors (Lipinski definition) is 4. The summed E-state index contributed by atoms with van der Waals surface area (Å²) in [4.78, 5) is 11.3. The third-order valence-corrected chi connectivity index (χ3v) is 3.60. The van der Waals surface area contributed by atoms with E-state index in [2.05, 4.69) is 20.7 Å². The first-order valence-electron chi connectivity index (χ1n) is 6.06. The van der Waals surface area contributed by atoms with Crippen LogP contribution in [0.15, 0.2) is 40.9 Å². The minimum absolute atomic E-state index is 0.325. The van der Waals surface area contributed by atoms with Crippen molar-refractivity contribution in [3.63, 3.8) is 0 Å². The van der Waals surface area contributed by atoms with Gasteiger partial charge in [0.2, 0.25) is 0 Å². The van der Waals surface area contributed by atoms with Crippen LogP contribution in [0, 0.1) is 0 Å². The zero-order valence-corrected chi connectivity index (χ0v) is 13.6. The number of methoxy groups -OCH3 is 1. The standard InChI is InChI=1S/C15H13BrClNO3/c1-20-15(19)10-4-2-9(3-5-10)8-21-14-12(16)6-11(17)7-13(14)18/h2-7H,8,18H2,1H3. The summed E-state index contributed by atoms with van der Waals surface area (Å²) in [6.45, 7) is 0.325. The number of nitrogen functional groups attached to an aromatic ring is 1. The lowest BCUT2D eigenvalue weighted by atomic mass is 10.1. The number of anilines is 1. The number of esters is 1. The summed E-state index contributed by atoms with van der Waals surface area (Å²) in [6.07, 6.45) is 0. The van der Waals surface area contributed by atoms with Crippen molar-refractivity contribution in [2.24, 2.45) is 0 Å². The van der Waals surface area contributed by atoms with Gasteiger partial charge in [-0.2, -0.15) is 0 Å². The quantitative estimate of drug-likeness (QED) is 0.651. The van der Waals surface area contributed by atoms with Crippen LogP contribution in [0.5, 0.6) is 5.75 Å². The third kappa shape index (κ3) is 3.89. The van der Waals surface area contributed by atoms with Gasteiger partial charge < -0.3 is 15.2 Å². The monoisotopic (exact) mass is 369 g/mol. The van der Waals surface area contributed by atoms with E-state index >= 15 is 0 Å². The summed E-state index contributed by atoms with van der Waals surface area (Å²) in [5.41, 5.74) is 7.73. The van der Waals surface area contributed by atoms with E-state index in [1.165, 1.54) is 7.11 Å². The molecule has 0 atom stereocenters. The van der Waals surface area contributed by atoms with E-state index < -0.39 is 0 Å². The molecule has 0 aliphatic rings. The molecule has 4 nitrogen and oxygen atoms in total. The number of nitrogens with two attached hydrogens (primary N) is 1. The van der Waals surface area contributed by atoms with Gasteiger partial charge in [-0.3, -0.25) is 0 Å². The lowest BCUT2D eigenvalue weighted by Gasteiger charge is -2.11. The molecular formula is C15H13BrClNO3. The molecular weight excluding hydrogens is 358 g/mol. The van der Waals surface area contributed by atoms with Crippen LogP contribution >= 0.6 is 27.5 Å². The summed E-state index contributed by atoms with van der Waals surface area (Å²) < 4.78 is 11.0. The summed E-state index contributed by atoms with van der Waals surface area (Å²) in [6, 6.07) is 10.3. The number of rotatable bonds is 4. The lowest BCUT2D eigenvalue weighted by molar-refractivity contribution is 0.0600. The minimum Gasteiger partial charge on any atom is -0.486 e. The van der Waals surface area contributed by atoms with Crippen molar-refractivity contribution in [2.75, 3.05) is 12.8 Å². The number of benzene rings is 2. The first-order valence-corrected chi connectivity index (χ1v) is 7.23. The van der Waals surface area contributed by atoms with Crippen LogP contribution in [-0.2, 0) is 11.3 Å². The van der Waals surface area contributed by atoms with Gasteiger partial charge in [0, 0.05) is 5.02 Å². The molecule has 6 heteroatoms. The Morgan fingerprint density at radius 2 is 1.95 bits per heavy atom. The van der Waals surface area contributed by atoms with Crippen molar-refractivity contribution in [3.8, 4) is 5.75 Å². The molecule has 0 unspecified atom stereocenters. The summed E-state index contributed by atoms with van der Waals surface area (Å²) >= 11 is 9.25. The molecule has 0 fully saturated rings. The molecule has 2 aromatic rings. The highest BCUT2D eigenvalue weighted by Gasteiger charge is 2.09. The van der Waals surface area contributed by atoms with E-state index in [9.17, 15) is 4.79 Å². The van der Waals surface area contributed by atoms with Gasteiger partial charge >= 0.3 is 5.97 Å². The maximum Gasteiger partial charge on any atom is 0.337 e. The maximum atomic E-state index is 11.3.